The van der Waals surface area contributed by atoms with Crippen molar-refractivity contribution in [2.24, 2.45) is 17.8 Å². The van der Waals surface area contributed by atoms with Crippen LogP contribution in [-0.4, -0.2) is 278 Å². The summed E-state index contributed by atoms with van der Waals surface area (Å²) in [5.74, 6) is -4.68. The molecule has 0 radical (unpaired) electrons. The molecule has 42 nitrogen and oxygen atoms in total. The van der Waals surface area contributed by atoms with Crippen LogP contribution >= 0.6 is 125 Å². The minimum absolute atomic E-state index is 0. The highest BCUT2D eigenvalue weighted by Crippen LogP contribution is 2.51. The van der Waals surface area contributed by atoms with E-state index in [0.29, 0.717) is 120 Å². The Kier molecular flexibility index (Phi) is 46.0. The second kappa shape index (κ2) is 54.4. The summed E-state index contributed by atoms with van der Waals surface area (Å²) in [4.78, 5) is 169. The summed E-state index contributed by atoms with van der Waals surface area (Å²) in [6.45, 7) is 19.9. The molecule has 51 heteroatoms. The molecule has 147 heavy (non-hydrogen) atoms. The highest BCUT2D eigenvalue weighted by molar-refractivity contribution is 9.11. The van der Waals surface area contributed by atoms with E-state index in [9.17, 15) is 72.9 Å². The fraction of sp³-hybridized carbons (Fsp3) is 0.615. The smallest absolute Gasteiger partial charge is 0.408 e. The number of hydrogen-bond acceptors (Lipinski definition) is 28. The number of benzene rings is 3. The van der Waals surface area contributed by atoms with Crippen LogP contribution in [0.4, 0.5) is 14.4 Å². The highest BCUT2D eigenvalue weighted by atomic mass is 79.9. The fourth-order valence-corrected chi connectivity index (χ4v) is 20.3. The molecule has 812 valence electrons. The molecule has 6 aromatic rings. The number of thioether (sulfide) groups is 1. The van der Waals surface area contributed by atoms with E-state index in [-0.39, 0.29) is 151 Å². The number of allylic oxidation sites excluding steroid dienone is 1. The van der Waals surface area contributed by atoms with Gasteiger partial charge in [0.1, 0.15) is 87.8 Å². The maximum absolute atomic E-state index is 14.2. The van der Waals surface area contributed by atoms with E-state index in [1.165, 1.54) is 36.2 Å². The Morgan fingerprint density at radius 1 is 0.469 bits per heavy atom. The monoisotopic (exact) mass is 2310 g/mol. The summed E-state index contributed by atoms with van der Waals surface area (Å²) in [6, 6.07) is 11.0. The first-order chi connectivity index (χ1) is 67.0. The van der Waals surface area contributed by atoms with Crippen LogP contribution in [0.5, 0.6) is 11.5 Å². The van der Waals surface area contributed by atoms with E-state index in [2.05, 4.69) is 117 Å². The van der Waals surface area contributed by atoms with Crippen LogP contribution in [0.3, 0.4) is 0 Å². The zero-order valence-electron chi connectivity index (χ0n) is 84.4. The van der Waals surface area contributed by atoms with Crippen molar-refractivity contribution in [3.05, 3.63) is 94.4 Å². The average molecular weight is 2310 g/mol. The zero-order valence-corrected chi connectivity index (χ0v) is 94.4. The number of halogens is 2. The number of aliphatic carboxylic acids is 3. The van der Waals surface area contributed by atoms with E-state index in [4.69, 9.17) is 28.4 Å². The minimum atomic E-state index is -1.42. The van der Waals surface area contributed by atoms with Gasteiger partial charge in [-0.15, -0.1) is 42.4 Å². The number of fused-ring (bicyclic) bond motifs is 6. The number of alkyl carbamates (subject to hydrolysis) is 3. The van der Waals surface area contributed by atoms with Gasteiger partial charge in [-0.05, 0) is 253 Å². The lowest BCUT2D eigenvalue weighted by atomic mass is 10.0. The summed E-state index contributed by atoms with van der Waals surface area (Å²) < 4.78 is 33.8. The van der Waals surface area contributed by atoms with Gasteiger partial charge in [0, 0.05) is 73.5 Å². The van der Waals surface area contributed by atoms with E-state index in [1.807, 2.05) is 42.7 Å². The van der Waals surface area contributed by atoms with Crippen LogP contribution in [0, 0.1) is 17.8 Å². The number of carbonyl (C=O) groups excluding carboxylic acids is 9. The first-order valence-corrected chi connectivity index (χ1v) is 51.0. The number of hydrogen-bond donors (Lipinski definition) is 9. The Morgan fingerprint density at radius 2 is 0.803 bits per heavy atom. The highest BCUT2D eigenvalue weighted by Gasteiger charge is 2.65. The number of amides is 9. The lowest BCUT2D eigenvalue weighted by Crippen LogP contribution is -2.56. The number of nitrogens with one attached hydrogen (secondary N) is 6. The molecular weight excluding hydrogens is 2170 g/mol. The van der Waals surface area contributed by atoms with E-state index < -0.39 is 159 Å². The van der Waals surface area contributed by atoms with Crippen LogP contribution in [0.1, 0.15) is 241 Å². The molecular formula is C96H141Br2N21O21S7. The molecule has 9 aliphatic rings. The minimum Gasteiger partial charge on any atom is -0.488 e. The number of aromatic nitrogens is 12. The quantitative estimate of drug-likeness (QED) is 0.0157. The molecule has 9 amide bonds. The number of carboxylic acids is 3. The Balaban J connectivity index is 0.000000293. The summed E-state index contributed by atoms with van der Waals surface area (Å²) >= 11 is 8.61. The van der Waals surface area contributed by atoms with Gasteiger partial charge >= 0.3 is 36.2 Å². The lowest BCUT2D eigenvalue weighted by Gasteiger charge is -2.30. The first kappa shape index (κ1) is 124. The number of carboxylic acid groups (broad SMARTS) is 3. The molecule has 6 aliphatic heterocycles. The molecule has 15 rings (SSSR count). The molecule has 15 atom stereocenters. The normalized spacial score (nSPS) is 26.0. The molecule has 3 aliphatic carbocycles. The maximum atomic E-state index is 14.2. The molecule has 2 unspecified atom stereocenters. The van der Waals surface area contributed by atoms with Crippen molar-refractivity contribution >= 4 is 196 Å². The zero-order chi connectivity index (χ0) is 102. The number of nitrogens with zero attached hydrogens (tertiary/aromatic N) is 15. The largest absolute Gasteiger partial charge is 0.488 e. The van der Waals surface area contributed by atoms with Crippen molar-refractivity contribution in [2.45, 2.75) is 316 Å². The van der Waals surface area contributed by atoms with Crippen LogP contribution in [0.15, 0.2) is 99.3 Å². The maximum Gasteiger partial charge on any atom is 0.408 e. The van der Waals surface area contributed by atoms with Gasteiger partial charge in [0.2, 0.25) is 52.9 Å². The topological polar surface area (TPSA) is 534 Å². The Bertz CT molecular complexity index is 5600. The van der Waals surface area contributed by atoms with Gasteiger partial charge in [-0.2, -0.15) is 95.4 Å². The number of carbonyl (C=O) groups is 12. The van der Waals surface area contributed by atoms with Crippen LogP contribution in [0.2, 0.25) is 0 Å². The fourth-order valence-electron chi connectivity index (χ4n) is 18.9. The van der Waals surface area contributed by atoms with Gasteiger partial charge in [0.05, 0.1) is 27.1 Å². The predicted octanol–water partition coefficient (Wildman–Crippen LogP) is 12.5. The van der Waals surface area contributed by atoms with Crippen molar-refractivity contribution in [1.82, 2.24) is 107 Å². The molecule has 9 heterocycles. The Morgan fingerprint density at radius 3 is 1.14 bits per heavy atom. The summed E-state index contributed by atoms with van der Waals surface area (Å²) in [7, 11) is 1.53. The van der Waals surface area contributed by atoms with Gasteiger partial charge in [-0.3, -0.25) is 28.8 Å². The number of ether oxygens (including phenoxy) is 6. The number of methoxy groups -OCH3 is 1. The molecule has 0 spiro atoms. The second-order valence-corrected chi connectivity index (χ2v) is 43.0. The summed E-state index contributed by atoms with van der Waals surface area (Å²) in [6.07, 6.45) is 20.7. The Hall–Kier alpha value is -9.64. The molecule has 3 aromatic carbocycles. The third-order valence-electron chi connectivity index (χ3n) is 26.5. The number of rotatable bonds is 19. The third-order valence-corrected chi connectivity index (χ3v) is 28.5. The summed E-state index contributed by atoms with van der Waals surface area (Å²) in [5.41, 5.74) is -4.34. The van der Waals surface area contributed by atoms with E-state index in [0.717, 1.165) is 81.1 Å². The third kappa shape index (κ3) is 32.2. The molecule has 3 aromatic heterocycles. The van der Waals surface area contributed by atoms with Crippen molar-refractivity contribution in [2.75, 3.05) is 46.4 Å². The van der Waals surface area contributed by atoms with Crippen LogP contribution in [-0.2, 0) is 62.1 Å². The number of tetrazole rings is 3. The standard InChI is InChI=1S/C33H44BrN7O7.C32H44BrN7O8.C31H41N7O6S.6H2S/c1-5-15-47-26-14-13-20(16-23(26)34)27-37-39-41(38-27)22-17-25-28(42)36-33(30(44)45)18-21(33)11-9-7-6-8-10-12-24(29(43)40(25)19-22)35-31(46)48-32(2,3)4;1-31(2,3)48-30(45)34-23-11-9-7-5-6-8-10-20-16-32(20,29(43)44)35-27(41)24-15-21(17-39(24)28(23)42)40-37-26(36-38-40)19-12-13-25(22(33)14-19)47-18-46-4;1-30(2,3)44-29(43)32-23-11-9-7-5-6-8-10-20-17-31(20,28(41)42)33-26(39)24-16-21(18-37(24)27(23)40)38-35-25(34-36-38)19-12-14-22(45-4)15-13-19;;;;;;/h5,13-14,16,21-22,24-25H,1,6-12,15,17-19H2,2-4H3,(H,35,46)(H,36,42)(H,44,45);12-14,20-21,23-24H,5-11,15-18H2,1-4H3,(H,34,45)(H,35,41)(H,43,44);8,10,12-15,20-21,23-24H,5-7,9,11,16-18H2,1-4H3,(H,32,43)(H,33,39)(H,41,42);6*1H2/b;;10-8-;;;;;;/t21-,22?,24-,25+,33+;20-,21?,23-,24+,32+;20-,21-,23-,24+,31+;;;;;;/m111....../s1. The predicted molar refractivity (Wildman–Crippen MR) is 581 cm³/mol. The van der Waals surface area contributed by atoms with Gasteiger partial charge in [0.25, 0.3) is 0 Å². The summed E-state index contributed by atoms with van der Waals surface area (Å²) in [5, 5.41) is 86.2. The molecule has 8 fully saturated rings. The van der Waals surface area contributed by atoms with Gasteiger partial charge in [-0.25, -0.2) is 28.8 Å². The van der Waals surface area contributed by atoms with Gasteiger partial charge in [-0.1, -0.05) is 102 Å². The van der Waals surface area contributed by atoms with Gasteiger partial charge < -0.3 is 90.3 Å². The molecule has 3 saturated carbocycles. The van der Waals surface area contributed by atoms with Crippen molar-refractivity contribution < 1.29 is 101 Å². The van der Waals surface area contributed by atoms with Crippen molar-refractivity contribution in [1.29, 1.82) is 0 Å². The first-order valence-electron chi connectivity index (χ1n) is 48.2. The van der Waals surface area contributed by atoms with Crippen molar-refractivity contribution in [3.8, 4) is 45.7 Å². The lowest BCUT2D eigenvalue weighted by molar-refractivity contribution is -0.146. The van der Waals surface area contributed by atoms with Crippen LogP contribution in [0.25, 0.3) is 34.2 Å². The SMILES string of the molecule is C=CCOc1ccc(-c2nnn(C3C[C@H]4C(=O)N[C@@]5(C(=O)O)C[C@H]5CCCCCCC[C@@H](NC(=O)OC(C)(C)C)C(=O)N4C3)n2)cc1Br.COCOc1ccc(-c2nnn(C3C[C@H]4C(=O)N[C@@]5(C(=O)O)C[C@H]5CCCCCCC[C@@H](NC(=O)OC(C)(C)C)C(=O)N4C3)n2)cc1Br.CSc1ccc(-c2nnn([C@@H]3C[C@H]4C(=O)N[C@@]5(C(=O)O)C[C@H]5/C=C\CCCCC[C@@H](NC(=O)OC(C)(C)C)C(=O)N4C3)n2)cc1.S.S.S.S.S.S. The average Bonchev–Trinajstić information content (AvgIpc) is 1.59. The van der Waals surface area contributed by atoms with Crippen molar-refractivity contribution in [3.63, 3.8) is 0 Å². The van der Waals surface area contributed by atoms with Gasteiger partial charge in [0.15, 0.2) is 6.79 Å². The molecule has 0 bridgehead atoms. The molecule has 9 N–H and O–H groups in total. The Labute approximate surface area is 917 Å². The second-order valence-electron chi connectivity index (χ2n) is 40.4. The van der Waals surface area contributed by atoms with Crippen LogP contribution < -0.4 is 41.4 Å². The van der Waals surface area contributed by atoms with E-state index in [1.54, 1.807) is 117 Å². The molecule has 5 saturated heterocycles. The van der Waals surface area contributed by atoms with E-state index >= 15 is 0 Å².